The van der Waals surface area contributed by atoms with Gasteiger partial charge in [0.15, 0.2) is 0 Å². The Balaban J connectivity index is 1.19. The Bertz CT molecular complexity index is 1590. The number of aromatic nitrogens is 4. The van der Waals surface area contributed by atoms with Crippen molar-refractivity contribution in [2.75, 3.05) is 23.7 Å². The number of H-pyrrole nitrogens is 1. The summed E-state index contributed by atoms with van der Waals surface area (Å²) in [4.78, 5) is 31.0. The number of carbonyl (C=O) groups excluding carboxylic acids is 1. The highest BCUT2D eigenvalue weighted by atomic mass is 35.5. The molecule has 3 N–H and O–H groups in total. The number of nitrogens with one attached hydrogen (secondary N) is 3. The lowest BCUT2D eigenvalue weighted by atomic mass is 10.1. The van der Waals surface area contributed by atoms with Crippen LogP contribution in [0.15, 0.2) is 66.4 Å². The van der Waals surface area contributed by atoms with Crippen LogP contribution in [0, 0.1) is 0 Å². The van der Waals surface area contributed by atoms with Gasteiger partial charge in [0.2, 0.25) is 0 Å². The summed E-state index contributed by atoms with van der Waals surface area (Å²) in [6.45, 7) is 1.13. The number of nitrogens with zero attached hydrogens (tertiary/aromatic N) is 4. The van der Waals surface area contributed by atoms with Gasteiger partial charge in [0.05, 0.1) is 21.1 Å². The van der Waals surface area contributed by atoms with E-state index in [1.807, 2.05) is 29.8 Å². The standard InChI is InChI=1S/C25H20ClN7OS/c26-16-2-1-3-17(10-16)31-25(34)33-8-6-15(7-9-33)21-12-19-23(27-13-28-24(19)32-21)30-18-4-5-20-22(11-18)35-14-29-20/h1-6,10-14H,7-9H2,(H,31,34)(H2,27,28,30,32). The third-order valence-electron chi connectivity index (χ3n) is 5.94. The van der Waals surface area contributed by atoms with Crippen LogP contribution >= 0.6 is 22.9 Å². The van der Waals surface area contributed by atoms with Gasteiger partial charge in [-0.3, -0.25) is 0 Å². The summed E-state index contributed by atoms with van der Waals surface area (Å²) in [7, 11) is 0. The second-order valence-electron chi connectivity index (χ2n) is 8.19. The number of hydrogen-bond acceptors (Lipinski definition) is 6. The van der Waals surface area contributed by atoms with Gasteiger partial charge in [-0.1, -0.05) is 23.7 Å². The first-order valence-electron chi connectivity index (χ1n) is 11.1. The van der Waals surface area contributed by atoms with Crippen LogP contribution < -0.4 is 10.6 Å². The predicted octanol–water partition coefficient (Wildman–Crippen LogP) is 6.29. The van der Waals surface area contributed by atoms with Crippen molar-refractivity contribution in [3.05, 3.63) is 77.2 Å². The predicted molar refractivity (Wildman–Crippen MR) is 141 cm³/mol. The molecule has 0 aliphatic carbocycles. The molecule has 2 aromatic carbocycles. The topological polar surface area (TPSA) is 98.8 Å². The molecule has 0 atom stereocenters. The molecule has 0 unspecified atom stereocenters. The lowest BCUT2D eigenvalue weighted by molar-refractivity contribution is 0.217. The Hall–Kier alpha value is -3.95. The van der Waals surface area contributed by atoms with E-state index in [-0.39, 0.29) is 6.03 Å². The molecule has 174 valence electrons. The van der Waals surface area contributed by atoms with Crippen LogP contribution in [0.3, 0.4) is 0 Å². The molecule has 3 aromatic heterocycles. The lowest BCUT2D eigenvalue weighted by Crippen LogP contribution is -2.37. The minimum atomic E-state index is -0.144. The number of thiazole rings is 1. The summed E-state index contributed by atoms with van der Waals surface area (Å²) in [5, 5.41) is 7.81. The maximum atomic E-state index is 12.7. The van der Waals surface area contributed by atoms with E-state index < -0.39 is 0 Å². The molecule has 0 fully saturated rings. The van der Waals surface area contributed by atoms with E-state index in [2.05, 4.69) is 48.8 Å². The zero-order valence-corrected chi connectivity index (χ0v) is 20.0. The zero-order chi connectivity index (χ0) is 23.8. The molecule has 2 amide bonds. The number of carbonyl (C=O) groups is 1. The van der Waals surface area contributed by atoms with Crippen molar-refractivity contribution < 1.29 is 4.79 Å². The number of anilines is 3. The molecule has 5 aromatic rings. The lowest BCUT2D eigenvalue weighted by Gasteiger charge is -2.26. The van der Waals surface area contributed by atoms with Gasteiger partial charge >= 0.3 is 6.03 Å². The first-order chi connectivity index (χ1) is 17.1. The van der Waals surface area contributed by atoms with Gasteiger partial charge < -0.3 is 20.5 Å². The van der Waals surface area contributed by atoms with E-state index in [0.717, 1.165) is 50.4 Å². The van der Waals surface area contributed by atoms with Crippen molar-refractivity contribution >= 4 is 73.0 Å². The second-order valence-corrected chi connectivity index (χ2v) is 9.52. The summed E-state index contributed by atoms with van der Waals surface area (Å²) in [5.41, 5.74) is 7.34. The fraction of sp³-hybridized carbons (Fsp3) is 0.120. The van der Waals surface area contributed by atoms with Crippen molar-refractivity contribution in [3.63, 3.8) is 0 Å². The molecule has 6 rings (SSSR count). The highest BCUT2D eigenvalue weighted by molar-refractivity contribution is 7.16. The highest BCUT2D eigenvalue weighted by Gasteiger charge is 2.20. The molecule has 35 heavy (non-hydrogen) atoms. The van der Waals surface area contributed by atoms with Crippen LogP contribution in [-0.4, -0.2) is 44.0 Å². The number of rotatable bonds is 4. The third-order valence-corrected chi connectivity index (χ3v) is 6.96. The van der Waals surface area contributed by atoms with Crippen LogP contribution in [0.1, 0.15) is 12.1 Å². The average Bonchev–Trinajstić information content (AvgIpc) is 3.51. The minimum Gasteiger partial charge on any atom is -0.340 e. The van der Waals surface area contributed by atoms with Gasteiger partial charge in [-0.2, -0.15) is 0 Å². The number of benzene rings is 2. The van der Waals surface area contributed by atoms with Crippen molar-refractivity contribution in [1.29, 1.82) is 0 Å². The van der Waals surface area contributed by atoms with E-state index in [1.54, 1.807) is 34.7 Å². The molecule has 1 aliphatic heterocycles. The molecule has 0 bridgehead atoms. The summed E-state index contributed by atoms with van der Waals surface area (Å²) in [6, 6.07) is 15.1. The Kier molecular flexibility index (Phi) is 5.55. The van der Waals surface area contributed by atoms with Crippen molar-refractivity contribution in [3.8, 4) is 0 Å². The maximum absolute atomic E-state index is 12.7. The largest absolute Gasteiger partial charge is 0.340 e. The number of aromatic amines is 1. The van der Waals surface area contributed by atoms with Gasteiger partial charge in [0.25, 0.3) is 0 Å². The molecule has 0 saturated carbocycles. The van der Waals surface area contributed by atoms with Crippen LogP contribution in [0.2, 0.25) is 5.02 Å². The monoisotopic (exact) mass is 501 g/mol. The van der Waals surface area contributed by atoms with Crippen molar-refractivity contribution in [1.82, 2.24) is 24.8 Å². The molecule has 0 radical (unpaired) electrons. The van der Waals surface area contributed by atoms with Crippen LogP contribution in [0.25, 0.3) is 26.8 Å². The number of hydrogen-bond donors (Lipinski definition) is 3. The van der Waals surface area contributed by atoms with Crippen LogP contribution in [-0.2, 0) is 0 Å². The summed E-state index contributed by atoms with van der Waals surface area (Å²) < 4.78 is 1.12. The summed E-state index contributed by atoms with van der Waals surface area (Å²) in [5.74, 6) is 0.736. The van der Waals surface area contributed by atoms with Crippen molar-refractivity contribution in [2.45, 2.75) is 6.42 Å². The van der Waals surface area contributed by atoms with E-state index in [9.17, 15) is 4.79 Å². The van der Waals surface area contributed by atoms with Crippen LogP contribution in [0.4, 0.5) is 22.0 Å². The highest BCUT2D eigenvalue weighted by Crippen LogP contribution is 2.30. The van der Waals surface area contributed by atoms with Crippen LogP contribution in [0.5, 0.6) is 0 Å². The Morgan fingerprint density at radius 2 is 2.03 bits per heavy atom. The van der Waals surface area contributed by atoms with Gasteiger partial charge in [0.1, 0.15) is 17.8 Å². The first-order valence-corrected chi connectivity index (χ1v) is 12.3. The van der Waals surface area contributed by atoms with E-state index in [1.165, 1.54) is 0 Å². The Morgan fingerprint density at radius 1 is 1.09 bits per heavy atom. The van der Waals surface area contributed by atoms with Gasteiger partial charge in [-0.25, -0.2) is 19.7 Å². The first kappa shape index (κ1) is 21.6. The fourth-order valence-electron chi connectivity index (χ4n) is 4.15. The second kappa shape index (κ2) is 9.01. The molecular formula is C25H20ClN7OS. The van der Waals surface area contributed by atoms with E-state index in [0.29, 0.717) is 23.8 Å². The Morgan fingerprint density at radius 3 is 2.89 bits per heavy atom. The number of amides is 2. The Labute approximate surface area is 209 Å². The van der Waals surface area contributed by atoms with Gasteiger partial charge in [-0.05, 0) is 54.5 Å². The smallest absolute Gasteiger partial charge is 0.322 e. The molecule has 10 heteroatoms. The summed E-state index contributed by atoms with van der Waals surface area (Å²) in [6.07, 6.45) is 4.35. The van der Waals surface area contributed by atoms with E-state index >= 15 is 0 Å². The average molecular weight is 502 g/mol. The third kappa shape index (κ3) is 4.43. The zero-order valence-electron chi connectivity index (χ0n) is 18.5. The van der Waals surface area contributed by atoms with E-state index in [4.69, 9.17) is 11.6 Å². The maximum Gasteiger partial charge on any atom is 0.322 e. The van der Waals surface area contributed by atoms with Gasteiger partial charge in [-0.15, -0.1) is 11.3 Å². The quantitative estimate of drug-likeness (QED) is 0.269. The minimum absolute atomic E-state index is 0.144. The summed E-state index contributed by atoms with van der Waals surface area (Å²) >= 11 is 7.62. The molecule has 4 heterocycles. The van der Waals surface area contributed by atoms with Gasteiger partial charge in [0, 0.05) is 35.2 Å². The fourth-order valence-corrected chi connectivity index (χ4v) is 5.06. The number of fused-ring (bicyclic) bond motifs is 2. The molecular weight excluding hydrogens is 482 g/mol. The SMILES string of the molecule is O=C(Nc1cccc(Cl)c1)N1CC=C(c2cc3c(Nc4ccc5ncsc5c4)ncnc3[nH]2)CC1. The molecule has 8 nitrogen and oxygen atoms in total. The van der Waals surface area contributed by atoms with Crippen molar-refractivity contribution in [2.24, 2.45) is 0 Å². The normalized spacial score (nSPS) is 13.7. The molecule has 0 saturated heterocycles. The molecule has 0 spiro atoms. The number of halogens is 1. The number of urea groups is 1. The molecule has 1 aliphatic rings.